The third-order valence-corrected chi connectivity index (χ3v) is 7.35. The molecule has 0 bridgehead atoms. The standard InChI is InChI=1S/C25H23N5O6S/c1-35-23-19(12-27-25(29-23)36-2)14-6-9-18-20(11-14)26-13-21(37(33,34)30-16-7-8-16)22(18)28-17-5-3-4-15(10-17)24(31)32/h3-6,9-13,16,30H,7-8H2,1-2H3,(H,26,28)(H,31,32). The average Bonchev–Trinajstić information content (AvgIpc) is 3.71. The lowest BCUT2D eigenvalue weighted by atomic mass is 10.0. The van der Waals surface area contributed by atoms with Crippen LogP contribution in [0.5, 0.6) is 11.9 Å². The molecule has 37 heavy (non-hydrogen) atoms. The number of ether oxygens (including phenoxy) is 2. The third-order valence-electron chi connectivity index (χ3n) is 5.82. The predicted octanol–water partition coefficient (Wildman–Crippen LogP) is 3.59. The van der Waals surface area contributed by atoms with Crippen LogP contribution in [-0.4, -0.2) is 54.7 Å². The van der Waals surface area contributed by atoms with Gasteiger partial charge in [-0.2, -0.15) is 4.98 Å². The molecule has 5 rings (SSSR count). The summed E-state index contributed by atoms with van der Waals surface area (Å²) in [5.41, 5.74) is 2.57. The molecular formula is C25H23N5O6S. The zero-order valence-corrected chi connectivity index (χ0v) is 20.7. The van der Waals surface area contributed by atoms with E-state index >= 15 is 0 Å². The van der Waals surface area contributed by atoms with Crippen molar-refractivity contribution in [2.24, 2.45) is 0 Å². The number of carbonyl (C=O) groups is 1. The van der Waals surface area contributed by atoms with E-state index in [1.807, 2.05) is 0 Å². The van der Waals surface area contributed by atoms with Crippen LogP contribution in [0.4, 0.5) is 11.4 Å². The number of hydrogen-bond acceptors (Lipinski definition) is 9. The number of carboxylic acids is 1. The van der Waals surface area contributed by atoms with E-state index in [0.29, 0.717) is 33.6 Å². The normalized spacial score (nSPS) is 13.4. The van der Waals surface area contributed by atoms with E-state index in [2.05, 4.69) is 25.0 Å². The van der Waals surface area contributed by atoms with Crippen molar-refractivity contribution in [3.05, 3.63) is 60.4 Å². The molecular weight excluding hydrogens is 498 g/mol. The molecule has 11 nitrogen and oxygen atoms in total. The Balaban J connectivity index is 1.65. The summed E-state index contributed by atoms with van der Waals surface area (Å²) in [7, 11) is -0.947. The lowest BCUT2D eigenvalue weighted by Crippen LogP contribution is -2.26. The minimum absolute atomic E-state index is 0.0364. The van der Waals surface area contributed by atoms with Crippen LogP contribution in [0.25, 0.3) is 22.0 Å². The van der Waals surface area contributed by atoms with Crippen LogP contribution in [0.3, 0.4) is 0 Å². The first kappa shape index (κ1) is 24.4. The van der Waals surface area contributed by atoms with Gasteiger partial charge in [0.25, 0.3) is 0 Å². The van der Waals surface area contributed by atoms with Crippen molar-refractivity contribution >= 4 is 38.3 Å². The first-order valence-electron chi connectivity index (χ1n) is 11.3. The molecule has 0 spiro atoms. The van der Waals surface area contributed by atoms with Gasteiger partial charge >= 0.3 is 12.0 Å². The second-order valence-electron chi connectivity index (χ2n) is 8.42. The monoisotopic (exact) mass is 521 g/mol. The fourth-order valence-electron chi connectivity index (χ4n) is 3.84. The molecule has 1 fully saturated rings. The highest BCUT2D eigenvalue weighted by Gasteiger charge is 2.30. The van der Waals surface area contributed by atoms with Crippen LogP contribution in [0.15, 0.2) is 59.8 Å². The Morgan fingerprint density at radius 3 is 2.57 bits per heavy atom. The quantitative estimate of drug-likeness (QED) is 0.298. The topological polar surface area (TPSA) is 153 Å². The summed E-state index contributed by atoms with van der Waals surface area (Å²) < 4.78 is 39.6. The number of aromatic carboxylic acids is 1. The van der Waals surface area contributed by atoms with E-state index in [1.54, 1.807) is 36.5 Å². The largest absolute Gasteiger partial charge is 0.480 e. The van der Waals surface area contributed by atoms with E-state index < -0.39 is 16.0 Å². The number of methoxy groups -OCH3 is 2. The number of aromatic nitrogens is 3. The molecule has 2 heterocycles. The van der Waals surface area contributed by atoms with Gasteiger partial charge in [-0.3, -0.25) is 4.98 Å². The van der Waals surface area contributed by atoms with E-state index in [4.69, 9.17) is 9.47 Å². The Morgan fingerprint density at radius 1 is 1.05 bits per heavy atom. The van der Waals surface area contributed by atoms with Crippen molar-refractivity contribution in [1.29, 1.82) is 0 Å². The van der Waals surface area contributed by atoms with Crippen LogP contribution >= 0.6 is 0 Å². The lowest BCUT2D eigenvalue weighted by Gasteiger charge is -2.16. The van der Waals surface area contributed by atoms with Crippen LogP contribution < -0.4 is 19.5 Å². The number of carboxylic acid groups (broad SMARTS) is 1. The maximum atomic E-state index is 13.2. The summed E-state index contributed by atoms with van der Waals surface area (Å²) in [6.07, 6.45) is 4.42. The molecule has 1 aliphatic rings. The predicted molar refractivity (Wildman–Crippen MR) is 136 cm³/mol. The Hall–Kier alpha value is -4.29. The van der Waals surface area contributed by atoms with Crippen molar-refractivity contribution in [2.75, 3.05) is 19.5 Å². The SMILES string of the molecule is COc1ncc(-c2ccc3c(Nc4cccc(C(=O)O)c4)c(S(=O)(=O)NC4CC4)cnc3c2)c(OC)n1. The molecule has 0 saturated heterocycles. The molecule has 0 atom stereocenters. The van der Waals surface area contributed by atoms with Gasteiger partial charge in [0.1, 0.15) is 4.90 Å². The fraction of sp³-hybridized carbons (Fsp3) is 0.200. The van der Waals surface area contributed by atoms with Gasteiger partial charge in [-0.05, 0) is 42.7 Å². The van der Waals surface area contributed by atoms with Crippen molar-refractivity contribution < 1.29 is 27.8 Å². The molecule has 0 radical (unpaired) electrons. The van der Waals surface area contributed by atoms with Crippen molar-refractivity contribution in [3.63, 3.8) is 0 Å². The highest BCUT2D eigenvalue weighted by atomic mass is 32.2. The number of rotatable bonds is 9. The van der Waals surface area contributed by atoms with Crippen molar-refractivity contribution in [1.82, 2.24) is 19.7 Å². The molecule has 190 valence electrons. The zero-order valence-electron chi connectivity index (χ0n) is 19.9. The van der Waals surface area contributed by atoms with Crippen molar-refractivity contribution in [3.8, 4) is 23.0 Å². The van der Waals surface area contributed by atoms with Gasteiger partial charge in [0.15, 0.2) is 0 Å². The van der Waals surface area contributed by atoms with Crippen LogP contribution in [-0.2, 0) is 10.0 Å². The summed E-state index contributed by atoms with van der Waals surface area (Å²) in [5, 5.41) is 13.0. The van der Waals surface area contributed by atoms with Gasteiger partial charge in [0.05, 0.1) is 36.6 Å². The van der Waals surface area contributed by atoms with Crippen LogP contribution in [0, 0.1) is 0 Å². The van der Waals surface area contributed by atoms with Crippen LogP contribution in [0.2, 0.25) is 0 Å². The molecule has 1 saturated carbocycles. The highest BCUT2D eigenvalue weighted by molar-refractivity contribution is 7.89. The number of sulfonamides is 1. The van der Waals surface area contributed by atoms with E-state index in [-0.39, 0.29) is 28.2 Å². The second-order valence-corrected chi connectivity index (χ2v) is 10.1. The lowest BCUT2D eigenvalue weighted by molar-refractivity contribution is 0.0697. The molecule has 0 amide bonds. The number of nitrogens with one attached hydrogen (secondary N) is 2. The second kappa shape index (κ2) is 9.64. The maximum Gasteiger partial charge on any atom is 0.335 e. The summed E-state index contributed by atoms with van der Waals surface area (Å²) in [5.74, 6) is -0.783. The van der Waals surface area contributed by atoms with Gasteiger partial charge in [0, 0.05) is 29.5 Å². The maximum absolute atomic E-state index is 13.2. The minimum Gasteiger partial charge on any atom is -0.480 e. The van der Waals surface area contributed by atoms with Crippen molar-refractivity contribution in [2.45, 2.75) is 23.8 Å². The van der Waals surface area contributed by atoms with Gasteiger partial charge in [-0.1, -0.05) is 18.2 Å². The first-order valence-corrected chi connectivity index (χ1v) is 12.8. The van der Waals surface area contributed by atoms with Gasteiger partial charge in [0.2, 0.25) is 15.9 Å². The smallest absolute Gasteiger partial charge is 0.335 e. The van der Waals surface area contributed by atoms with E-state index in [1.165, 1.54) is 32.5 Å². The Kier molecular flexibility index (Phi) is 6.36. The summed E-state index contributed by atoms with van der Waals surface area (Å²) >= 11 is 0. The Morgan fingerprint density at radius 2 is 1.86 bits per heavy atom. The molecule has 2 aromatic carbocycles. The number of benzene rings is 2. The molecule has 2 aromatic heterocycles. The first-order chi connectivity index (χ1) is 17.8. The minimum atomic E-state index is -3.89. The Bertz CT molecular complexity index is 1620. The number of pyridine rings is 1. The molecule has 0 unspecified atom stereocenters. The van der Waals surface area contributed by atoms with Gasteiger partial charge in [-0.15, -0.1) is 0 Å². The molecule has 1 aliphatic carbocycles. The summed E-state index contributed by atoms with van der Waals surface area (Å²) in [6.45, 7) is 0. The van der Waals surface area contributed by atoms with E-state index in [9.17, 15) is 18.3 Å². The third kappa shape index (κ3) is 5.01. The molecule has 0 aliphatic heterocycles. The number of hydrogen-bond donors (Lipinski definition) is 3. The van der Waals surface area contributed by atoms with E-state index in [0.717, 1.165) is 12.8 Å². The molecule has 12 heteroatoms. The fourth-order valence-corrected chi connectivity index (χ4v) is 5.26. The average molecular weight is 522 g/mol. The number of nitrogens with zero attached hydrogens (tertiary/aromatic N) is 3. The van der Waals surface area contributed by atoms with Gasteiger partial charge < -0.3 is 19.9 Å². The van der Waals surface area contributed by atoms with Gasteiger partial charge in [-0.25, -0.2) is 22.9 Å². The molecule has 4 aromatic rings. The zero-order chi connectivity index (χ0) is 26.2. The van der Waals surface area contributed by atoms with Crippen LogP contribution in [0.1, 0.15) is 23.2 Å². The summed E-state index contributed by atoms with van der Waals surface area (Å²) in [6, 6.07) is 11.5. The highest BCUT2D eigenvalue weighted by Crippen LogP contribution is 2.37. The Labute approximate surface area is 212 Å². The summed E-state index contributed by atoms with van der Waals surface area (Å²) in [4.78, 5) is 24.2. The number of fused-ring (bicyclic) bond motifs is 1. The molecule has 3 N–H and O–H groups in total. The number of anilines is 2.